The molecule has 0 saturated heterocycles. The number of amides is 1. The van der Waals surface area contributed by atoms with Gasteiger partial charge in [0.25, 0.3) is 5.91 Å². The van der Waals surface area contributed by atoms with Gasteiger partial charge in [0.05, 0.1) is 5.56 Å². The molecule has 0 atom stereocenters. The zero-order chi connectivity index (χ0) is 15.6. The van der Waals surface area contributed by atoms with Crippen LogP contribution in [0.3, 0.4) is 0 Å². The van der Waals surface area contributed by atoms with Gasteiger partial charge in [-0.05, 0) is 38.3 Å². The Bertz CT molecular complexity index is 672. The molecule has 4 heteroatoms. The van der Waals surface area contributed by atoms with Gasteiger partial charge >= 0.3 is 0 Å². The number of aryl methyl sites for hydroxylation is 1. The number of hydrogen-bond acceptors (Lipinski definition) is 2. The van der Waals surface area contributed by atoms with Crippen molar-refractivity contribution in [2.24, 2.45) is 5.73 Å². The first-order chi connectivity index (χ1) is 9.99. The standard InChI is InChI=1S/C17H22N2O2/c1-11-7-4-5-8-14(11)15-12(2)19(9-6-10-20)13(3)16(15)17(18)21/h4-5,7-8,20H,6,9-10H2,1-3H3,(H2,18,21). The van der Waals surface area contributed by atoms with Gasteiger partial charge in [0, 0.05) is 30.1 Å². The Kier molecular flexibility index (Phi) is 4.48. The lowest BCUT2D eigenvalue weighted by Gasteiger charge is -2.09. The van der Waals surface area contributed by atoms with Crippen LogP contribution >= 0.6 is 0 Å². The van der Waals surface area contributed by atoms with Crippen LogP contribution in [0.25, 0.3) is 11.1 Å². The molecule has 0 aliphatic heterocycles. The molecule has 0 spiro atoms. The molecule has 2 rings (SSSR count). The molecule has 1 aromatic carbocycles. The van der Waals surface area contributed by atoms with E-state index in [1.54, 1.807) is 0 Å². The van der Waals surface area contributed by atoms with Gasteiger partial charge in [-0.3, -0.25) is 4.79 Å². The van der Waals surface area contributed by atoms with Crippen molar-refractivity contribution in [2.45, 2.75) is 33.7 Å². The van der Waals surface area contributed by atoms with E-state index in [9.17, 15) is 4.79 Å². The van der Waals surface area contributed by atoms with E-state index < -0.39 is 5.91 Å². The van der Waals surface area contributed by atoms with Gasteiger partial charge in [0.2, 0.25) is 0 Å². The molecule has 0 unspecified atom stereocenters. The second kappa shape index (κ2) is 6.14. The molecule has 112 valence electrons. The lowest BCUT2D eigenvalue weighted by atomic mass is 9.96. The summed E-state index contributed by atoms with van der Waals surface area (Å²) < 4.78 is 2.07. The lowest BCUT2D eigenvalue weighted by Crippen LogP contribution is -2.13. The summed E-state index contributed by atoms with van der Waals surface area (Å²) in [5.41, 5.74) is 11.1. The maximum absolute atomic E-state index is 11.9. The van der Waals surface area contributed by atoms with Crippen molar-refractivity contribution in [3.63, 3.8) is 0 Å². The number of primary amides is 1. The fourth-order valence-electron chi connectivity index (χ4n) is 2.93. The first-order valence-electron chi connectivity index (χ1n) is 7.15. The van der Waals surface area contributed by atoms with Crippen LogP contribution < -0.4 is 5.73 Å². The molecule has 4 nitrogen and oxygen atoms in total. The van der Waals surface area contributed by atoms with Crippen LogP contribution in [-0.4, -0.2) is 22.2 Å². The third-order valence-corrected chi connectivity index (χ3v) is 3.98. The monoisotopic (exact) mass is 286 g/mol. The highest BCUT2D eigenvalue weighted by Gasteiger charge is 2.22. The van der Waals surface area contributed by atoms with Crippen molar-refractivity contribution in [1.82, 2.24) is 4.57 Å². The average molecular weight is 286 g/mol. The predicted octanol–water partition coefficient (Wildman–Crippen LogP) is 2.56. The Labute approximate surface area is 125 Å². The Morgan fingerprint density at radius 1 is 1.19 bits per heavy atom. The van der Waals surface area contributed by atoms with Crippen molar-refractivity contribution in [2.75, 3.05) is 6.61 Å². The third-order valence-electron chi connectivity index (χ3n) is 3.98. The third kappa shape index (κ3) is 2.72. The van der Waals surface area contributed by atoms with E-state index in [1.807, 2.05) is 45.0 Å². The number of aliphatic hydroxyl groups is 1. The second-order valence-corrected chi connectivity index (χ2v) is 5.33. The topological polar surface area (TPSA) is 68.2 Å². The van der Waals surface area contributed by atoms with Crippen LogP contribution in [0, 0.1) is 20.8 Å². The Hall–Kier alpha value is -2.07. The molecular weight excluding hydrogens is 264 g/mol. The minimum Gasteiger partial charge on any atom is -0.396 e. The number of carbonyl (C=O) groups is 1. The number of aliphatic hydroxyl groups excluding tert-OH is 1. The number of hydrogen-bond donors (Lipinski definition) is 2. The Morgan fingerprint density at radius 3 is 2.43 bits per heavy atom. The van der Waals surface area contributed by atoms with Crippen molar-refractivity contribution >= 4 is 5.91 Å². The number of benzene rings is 1. The zero-order valence-corrected chi connectivity index (χ0v) is 12.8. The largest absolute Gasteiger partial charge is 0.396 e. The van der Waals surface area contributed by atoms with Crippen molar-refractivity contribution in [3.05, 3.63) is 46.8 Å². The van der Waals surface area contributed by atoms with Crippen LogP contribution in [0.2, 0.25) is 0 Å². The van der Waals surface area contributed by atoms with Crippen LogP contribution in [0.1, 0.15) is 33.7 Å². The molecule has 1 amide bonds. The number of rotatable bonds is 5. The molecule has 2 aromatic rings. The van der Waals surface area contributed by atoms with Crippen LogP contribution in [0.15, 0.2) is 24.3 Å². The van der Waals surface area contributed by atoms with Crippen molar-refractivity contribution < 1.29 is 9.90 Å². The minimum absolute atomic E-state index is 0.128. The Morgan fingerprint density at radius 2 is 1.86 bits per heavy atom. The van der Waals surface area contributed by atoms with E-state index in [-0.39, 0.29) is 6.61 Å². The molecule has 1 aromatic heterocycles. The van der Waals surface area contributed by atoms with Gasteiger partial charge in [-0.25, -0.2) is 0 Å². The fourth-order valence-corrected chi connectivity index (χ4v) is 2.93. The summed E-state index contributed by atoms with van der Waals surface area (Å²) in [5, 5.41) is 9.05. The van der Waals surface area contributed by atoms with Gasteiger partial charge in [0.15, 0.2) is 0 Å². The fraction of sp³-hybridized carbons (Fsp3) is 0.353. The van der Waals surface area contributed by atoms with Gasteiger partial charge in [-0.15, -0.1) is 0 Å². The van der Waals surface area contributed by atoms with E-state index in [4.69, 9.17) is 10.8 Å². The molecular formula is C17H22N2O2. The van der Waals surface area contributed by atoms with Gasteiger partial charge < -0.3 is 15.4 Å². The zero-order valence-electron chi connectivity index (χ0n) is 12.8. The van der Waals surface area contributed by atoms with E-state index in [0.29, 0.717) is 18.5 Å². The molecule has 0 aliphatic carbocycles. The summed E-state index contributed by atoms with van der Waals surface area (Å²) in [6.07, 6.45) is 0.655. The first-order valence-corrected chi connectivity index (χ1v) is 7.15. The van der Waals surface area contributed by atoms with Crippen LogP contribution in [0.5, 0.6) is 0 Å². The van der Waals surface area contributed by atoms with Gasteiger partial charge in [0.1, 0.15) is 0 Å². The summed E-state index contributed by atoms with van der Waals surface area (Å²) in [7, 11) is 0. The number of aromatic nitrogens is 1. The average Bonchev–Trinajstić information content (AvgIpc) is 2.69. The highest BCUT2D eigenvalue weighted by atomic mass is 16.3. The summed E-state index contributed by atoms with van der Waals surface area (Å²) in [6.45, 7) is 6.74. The molecule has 0 bridgehead atoms. The molecule has 21 heavy (non-hydrogen) atoms. The van der Waals surface area contributed by atoms with Crippen LogP contribution in [-0.2, 0) is 6.54 Å². The molecule has 0 saturated carbocycles. The number of nitrogens with two attached hydrogens (primary N) is 1. The quantitative estimate of drug-likeness (QED) is 0.887. The van der Waals surface area contributed by atoms with Gasteiger partial charge in [-0.1, -0.05) is 24.3 Å². The summed E-state index contributed by atoms with van der Waals surface area (Å²) >= 11 is 0. The van der Waals surface area contributed by atoms with Crippen molar-refractivity contribution in [3.8, 4) is 11.1 Å². The molecule has 0 radical (unpaired) electrons. The van der Waals surface area contributed by atoms with Crippen LogP contribution in [0.4, 0.5) is 0 Å². The van der Waals surface area contributed by atoms with E-state index in [1.165, 1.54) is 0 Å². The van der Waals surface area contributed by atoms with E-state index >= 15 is 0 Å². The molecule has 0 fully saturated rings. The highest BCUT2D eigenvalue weighted by Crippen LogP contribution is 2.34. The Balaban J connectivity index is 2.70. The number of carbonyl (C=O) groups excluding carboxylic acids is 1. The normalized spacial score (nSPS) is 10.9. The lowest BCUT2D eigenvalue weighted by molar-refractivity contribution is 0.1000. The smallest absolute Gasteiger partial charge is 0.251 e. The van der Waals surface area contributed by atoms with Gasteiger partial charge in [-0.2, -0.15) is 0 Å². The molecule has 1 heterocycles. The maximum atomic E-state index is 11.9. The molecule has 3 N–H and O–H groups in total. The minimum atomic E-state index is -0.406. The maximum Gasteiger partial charge on any atom is 0.251 e. The summed E-state index contributed by atoms with van der Waals surface area (Å²) in [5.74, 6) is -0.406. The first kappa shape index (κ1) is 15.3. The van der Waals surface area contributed by atoms with E-state index in [0.717, 1.165) is 28.1 Å². The predicted molar refractivity (Wildman–Crippen MR) is 84.3 cm³/mol. The second-order valence-electron chi connectivity index (χ2n) is 5.33. The summed E-state index contributed by atoms with van der Waals surface area (Å²) in [6, 6.07) is 7.99. The summed E-state index contributed by atoms with van der Waals surface area (Å²) in [4.78, 5) is 11.9. The SMILES string of the molecule is Cc1ccccc1-c1c(C(N)=O)c(C)n(CCCO)c1C. The molecule has 0 aliphatic rings. The highest BCUT2D eigenvalue weighted by molar-refractivity contribution is 6.02. The number of nitrogens with zero attached hydrogens (tertiary/aromatic N) is 1. The van der Waals surface area contributed by atoms with Crippen molar-refractivity contribution in [1.29, 1.82) is 0 Å². The van der Waals surface area contributed by atoms with E-state index in [2.05, 4.69) is 4.57 Å².